The second-order valence-corrected chi connectivity index (χ2v) is 9.71. The lowest BCUT2D eigenvalue weighted by Gasteiger charge is -2.42. The fraction of sp³-hybridized carbons (Fsp3) is 0.481. The minimum absolute atomic E-state index is 0.00396. The first kappa shape index (κ1) is 23.0. The zero-order valence-corrected chi connectivity index (χ0v) is 19.5. The molecule has 1 atom stereocenters. The number of hydrogen-bond donors (Lipinski definition) is 0. The van der Waals surface area contributed by atoms with Gasteiger partial charge in [0.25, 0.3) is 11.8 Å². The van der Waals surface area contributed by atoms with Crippen LogP contribution in [0.15, 0.2) is 48.5 Å². The van der Waals surface area contributed by atoms with Gasteiger partial charge in [0.05, 0.1) is 12.1 Å². The molecule has 2 aromatic carbocycles. The van der Waals surface area contributed by atoms with Gasteiger partial charge in [0.2, 0.25) is 0 Å². The van der Waals surface area contributed by atoms with Crippen molar-refractivity contribution >= 4 is 17.5 Å². The van der Waals surface area contributed by atoms with Crippen molar-refractivity contribution in [3.63, 3.8) is 0 Å². The molecule has 0 bridgehead atoms. The average molecular weight is 466 g/mol. The Balaban J connectivity index is 1.29. The van der Waals surface area contributed by atoms with E-state index < -0.39 is 5.60 Å². The molecule has 0 aromatic heterocycles. The van der Waals surface area contributed by atoms with Crippen molar-refractivity contribution in [2.75, 3.05) is 44.2 Å². The number of ether oxygens (including phenoxy) is 1. The highest BCUT2D eigenvalue weighted by Gasteiger charge is 2.42. The first-order valence-corrected chi connectivity index (χ1v) is 12.3. The van der Waals surface area contributed by atoms with Crippen molar-refractivity contribution in [2.24, 2.45) is 0 Å². The summed E-state index contributed by atoms with van der Waals surface area (Å²) in [5, 5.41) is 0. The fourth-order valence-corrected chi connectivity index (χ4v) is 5.46. The summed E-state index contributed by atoms with van der Waals surface area (Å²) < 4.78 is 19.5. The van der Waals surface area contributed by atoms with Crippen molar-refractivity contribution < 1.29 is 18.7 Å². The van der Waals surface area contributed by atoms with Crippen LogP contribution in [-0.4, -0.2) is 66.5 Å². The van der Waals surface area contributed by atoms with E-state index in [1.807, 2.05) is 23.1 Å². The molecule has 3 fully saturated rings. The highest BCUT2D eigenvalue weighted by molar-refractivity contribution is 5.96. The second kappa shape index (κ2) is 9.84. The van der Waals surface area contributed by atoms with E-state index in [1.54, 1.807) is 17.0 Å². The zero-order valence-electron chi connectivity index (χ0n) is 19.5. The third kappa shape index (κ3) is 4.86. The van der Waals surface area contributed by atoms with Crippen molar-refractivity contribution in [3.8, 4) is 0 Å². The van der Waals surface area contributed by atoms with Crippen LogP contribution in [-0.2, 0) is 16.1 Å². The molecule has 2 amide bonds. The quantitative estimate of drug-likeness (QED) is 0.688. The van der Waals surface area contributed by atoms with Gasteiger partial charge in [0.15, 0.2) is 0 Å². The molecular weight excluding hydrogens is 433 g/mol. The number of carbonyl (C=O) groups excluding carboxylic acids is 2. The predicted octanol–water partition coefficient (Wildman–Crippen LogP) is 3.85. The van der Waals surface area contributed by atoms with Crippen LogP contribution in [0.2, 0.25) is 0 Å². The average Bonchev–Trinajstić information content (AvgIpc) is 3.28. The lowest BCUT2D eigenvalue weighted by atomic mass is 9.92. The molecule has 1 spiro atoms. The predicted molar refractivity (Wildman–Crippen MR) is 128 cm³/mol. The summed E-state index contributed by atoms with van der Waals surface area (Å²) in [4.78, 5) is 32.2. The Morgan fingerprint density at radius 2 is 1.71 bits per heavy atom. The molecule has 7 heteroatoms. The first-order chi connectivity index (χ1) is 16.5. The van der Waals surface area contributed by atoms with Gasteiger partial charge >= 0.3 is 0 Å². The van der Waals surface area contributed by atoms with E-state index in [0.29, 0.717) is 31.7 Å². The largest absolute Gasteiger partial charge is 0.363 e. The number of halogens is 1. The third-order valence-electron chi connectivity index (χ3n) is 7.41. The third-order valence-corrected chi connectivity index (χ3v) is 7.41. The van der Waals surface area contributed by atoms with Crippen LogP contribution in [0.25, 0.3) is 0 Å². The van der Waals surface area contributed by atoms with Gasteiger partial charge in [-0.15, -0.1) is 0 Å². The van der Waals surface area contributed by atoms with Crippen LogP contribution in [0.3, 0.4) is 0 Å². The number of likely N-dealkylation sites (tertiary alicyclic amines) is 2. The molecule has 3 aliphatic heterocycles. The Morgan fingerprint density at radius 3 is 2.50 bits per heavy atom. The van der Waals surface area contributed by atoms with E-state index in [1.165, 1.54) is 25.0 Å². The Hall–Kier alpha value is -2.77. The maximum atomic E-state index is 13.6. The number of morpholine rings is 1. The Kier molecular flexibility index (Phi) is 6.66. The second-order valence-electron chi connectivity index (χ2n) is 9.71. The minimum Gasteiger partial charge on any atom is -0.363 e. The number of benzene rings is 2. The Labute approximate surface area is 200 Å². The summed E-state index contributed by atoms with van der Waals surface area (Å²) in [6.45, 7) is 4.69. The van der Waals surface area contributed by atoms with Crippen LogP contribution < -0.4 is 4.90 Å². The Morgan fingerprint density at radius 1 is 0.941 bits per heavy atom. The number of amides is 2. The van der Waals surface area contributed by atoms with Crippen molar-refractivity contribution in [2.45, 2.75) is 44.2 Å². The maximum absolute atomic E-state index is 13.6. The standard InChI is InChI=1S/C27H32FN3O3/c28-22-8-10-23(11-9-22)31-20-27(34-19-25(31)32)12-5-16-30(17-13-27)26(33)24-7-2-1-6-21(24)18-29-14-3-4-15-29/h1-2,6-11H,3-5,12-20H2/t27-/m1/s1. The summed E-state index contributed by atoms with van der Waals surface area (Å²) in [6.07, 6.45) is 4.70. The zero-order chi connectivity index (χ0) is 23.5. The number of hydrogen-bond acceptors (Lipinski definition) is 4. The number of anilines is 1. The van der Waals surface area contributed by atoms with Gasteiger partial charge in [-0.05, 0) is 81.1 Å². The van der Waals surface area contributed by atoms with E-state index in [-0.39, 0.29) is 24.2 Å². The molecule has 3 aliphatic rings. The van der Waals surface area contributed by atoms with Crippen molar-refractivity contribution in [1.82, 2.24) is 9.80 Å². The van der Waals surface area contributed by atoms with E-state index in [4.69, 9.17) is 4.74 Å². The molecule has 34 heavy (non-hydrogen) atoms. The molecule has 0 N–H and O–H groups in total. The van der Waals surface area contributed by atoms with Crippen LogP contribution in [0.1, 0.15) is 48.0 Å². The fourth-order valence-electron chi connectivity index (χ4n) is 5.46. The van der Waals surface area contributed by atoms with Gasteiger partial charge < -0.3 is 14.5 Å². The van der Waals surface area contributed by atoms with Crippen LogP contribution in [0, 0.1) is 5.82 Å². The van der Waals surface area contributed by atoms with E-state index >= 15 is 0 Å². The molecule has 0 aliphatic carbocycles. The van der Waals surface area contributed by atoms with E-state index in [9.17, 15) is 14.0 Å². The van der Waals surface area contributed by atoms with Gasteiger partial charge in [-0.2, -0.15) is 0 Å². The molecule has 5 rings (SSSR count). The smallest absolute Gasteiger partial charge is 0.254 e. The van der Waals surface area contributed by atoms with Crippen molar-refractivity contribution in [1.29, 1.82) is 0 Å². The van der Waals surface area contributed by atoms with Gasteiger partial charge in [0.1, 0.15) is 12.4 Å². The summed E-state index contributed by atoms with van der Waals surface area (Å²) in [7, 11) is 0. The summed E-state index contributed by atoms with van der Waals surface area (Å²) in [5.41, 5.74) is 2.07. The minimum atomic E-state index is -0.494. The molecule has 180 valence electrons. The molecular formula is C27H32FN3O3. The molecule has 3 heterocycles. The maximum Gasteiger partial charge on any atom is 0.254 e. The van der Waals surface area contributed by atoms with Gasteiger partial charge in [-0.3, -0.25) is 14.5 Å². The molecule has 0 saturated carbocycles. The van der Waals surface area contributed by atoms with Gasteiger partial charge in [-0.25, -0.2) is 4.39 Å². The summed E-state index contributed by atoms with van der Waals surface area (Å²) >= 11 is 0. The normalized spacial score (nSPS) is 24.0. The molecule has 0 radical (unpaired) electrons. The number of nitrogens with zero attached hydrogens (tertiary/aromatic N) is 3. The summed E-state index contributed by atoms with van der Waals surface area (Å²) in [6, 6.07) is 14.0. The highest BCUT2D eigenvalue weighted by atomic mass is 19.1. The molecule has 2 aromatic rings. The topological polar surface area (TPSA) is 53.1 Å². The molecule has 3 saturated heterocycles. The van der Waals surface area contributed by atoms with Crippen LogP contribution in [0.5, 0.6) is 0 Å². The van der Waals surface area contributed by atoms with Gasteiger partial charge in [-0.1, -0.05) is 18.2 Å². The van der Waals surface area contributed by atoms with Crippen LogP contribution >= 0.6 is 0 Å². The summed E-state index contributed by atoms with van der Waals surface area (Å²) in [5.74, 6) is -0.368. The first-order valence-electron chi connectivity index (χ1n) is 12.3. The Bertz CT molecular complexity index is 1040. The molecule has 0 unspecified atom stereocenters. The van der Waals surface area contributed by atoms with Gasteiger partial charge in [0, 0.05) is 30.9 Å². The van der Waals surface area contributed by atoms with E-state index in [0.717, 1.165) is 43.6 Å². The lowest BCUT2D eigenvalue weighted by Crippen LogP contribution is -2.55. The number of carbonyl (C=O) groups is 2. The SMILES string of the molecule is O=C(c1ccccc1CN1CCCC1)N1CCC[C@@]2(CC1)CN(c1ccc(F)cc1)C(=O)CO2. The molecule has 6 nitrogen and oxygen atoms in total. The van der Waals surface area contributed by atoms with E-state index in [2.05, 4.69) is 11.0 Å². The van der Waals surface area contributed by atoms with Crippen LogP contribution in [0.4, 0.5) is 10.1 Å². The lowest BCUT2D eigenvalue weighted by molar-refractivity contribution is -0.140. The number of rotatable bonds is 4. The van der Waals surface area contributed by atoms with Crippen molar-refractivity contribution in [3.05, 3.63) is 65.5 Å². The highest BCUT2D eigenvalue weighted by Crippen LogP contribution is 2.33. The monoisotopic (exact) mass is 465 g/mol.